The normalized spacial score (nSPS) is 24.8. The molecule has 0 saturated carbocycles. The molecule has 1 aliphatic heterocycles. The molecular weight excluding hydrogens is 183 g/mol. The molecule has 1 aliphatic rings. The molecule has 1 unspecified atom stereocenters. The summed E-state index contributed by atoms with van der Waals surface area (Å²) < 4.78 is 40.0. The second kappa shape index (κ2) is 5.24. The Hall–Kier alpha value is 1.45. The summed E-state index contributed by atoms with van der Waals surface area (Å²) in [6, 6.07) is 0. The summed E-state index contributed by atoms with van der Waals surface area (Å²) in [7, 11) is 0. The van der Waals surface area contributed by atoms with Gasteiger partial charge in [0.15, 0.2) is 0 Å². The minimum absolute atomic E-state index is 0. The number of ether oxygens (including phenoxy) is 1. The molecule has 0 aliphatic carbocycles. The van der Waals surface area contributed by atoms with E-state index in [0.29, 0.717) is 19.6 Å². The first kappa shape index (κ1) is 12.5. The third-order valence-corrected chi connectivity index (χ3v) is 1.62. The van der Waals surface area contributed by atoms with Gasteiger partial charge in [-0.3, -0.25) is 0 Å². The smallest absolute Gasteiger partial charge is 0.449 e. The average Bonchev–Trinajstić information content (AvgIpc) is 2.12. The van der Waals surface area contributed by atoms with Crippen LogP contribution in [0, 0.1) is 5.92 Å². The van der Waals surface area contributed by atoms with Gasteiger partial charge < -0.3 is 17.7 Å². The van der Waals surface area contributed by atoms with Crippen molar-refractivity contribution in [3.8, 4) is 0 Å². The first-order chi connectivity index (χ1) is 4.58. The van der Waals surface area contributed by atoms with Gasteiger partial charge in [-0.1, -0.05) is 6.32 Å². The first-order valence-electron chi connectivity index (χ1n) is 3.36. The van der Waals surface area contributed by atoms with Crippen LogP contribution in [0.2, 0.25) is 6.32 Å². The maximum atomic E-state index is 11.7. The molecule has 0 amide bonds. The molecule has 11 heavy (non-hydrogen) atoms. The third-order valence-electron chi connectivity index (χ3n) is 1.62. The summed E-state index contributed by atoms with van der Waals surface area (Å²) in [6.07, 6.45) is -0.0543. The molecular formula is C5H9BF3KO. The molecule has 1 saturated heterocycles. The fraction of sp³-hybridized carbons (Fsp3) is 1.00. The summed E-state index contributed by atoms with van der Waals surface area (Å²) in [4.78, 5) is 0. The van der Waals surface area contributed by atoms with Gasteiger partial charge in [0.2, 0.25) is 0 Å². The summed E-state index contributed by atoms with van der Waals surface area (Å²) in [5, 5.41) is 0. The van der Waals surface area contributed by atoms with E-state index >= 15 is 0 Å². The molecule has 60 valence electrons. The molecule has 1 heterocycles. The average molecular weight is 192 g/mol. The molecule has 1 fully saturated rings. The molecule has 6 heteroatoms. The van der Waals surface area contributed by atoms with Crippen molar-refractivity contribution in [3.05, 3.63) is 0 Å². The van der Waals surface area contributed by atoms with Crippen LogP contribution in [0.25, 0.3) is 0 Å². The molecule has 0 radical (unpaired) electrons. The Morgan fingerprint density at radius 2 is 2.00 bits per heavy atom. The second-order valence-electron chi connectivity index (χ2n) is 2.68. The van der Waals surface area contributed by atoms with Gasteiger partial charge >= 0.3 is 58.4 Å². The molecule has 0 aromatic carbocycles. The zero-order valence-electron chi connectivity index (χ0n) is 6.53. The Morgan fingerprint density at radius 1 is 1.36 bits per heavy atom. The van der Waals surface area contributed by atoms with E-state index in [1.165, 1.54) is 0 Å². The van der Waals surface area contributed by atoms with Crippen LogP contribution < -0.4 is 51.4 Å². The summed E-state index contributed by atoms with van der Waals surface area (Å²) in [6.45, 7) is -3.80. The standard InChI is InChI=1S/C5H9BF3O.K/c7-6(8,9)3-5-1-2-10-4-5;/h5H,1-4H2;/q-1;+1. The van der Waals surface area contributed by atoms with Crippen LogP contribution in [0.1, 0.15) is 6.42 Å². The first-order valence-corrected chi connectivity index (χ1v) is 3.36. The Labute approximate surface area is 107 Å². The van der Waals surface area contributed by atoms with Gasteiger partial charge in [-0.15, -0.1) is 0 Å². The topological polar surface area (TPSA) is 9.23 Å². The number of hydrogen-bond acceptors (Lipinski definition) is 1. The number of halogens is 3. The van der Waals surface area contributed by atoms with E-state index in [9.17, 15) is 12.9 Å². The van der Waals surface area contributed by atoms with Crippen molar-refractivity contribution >= 4 is 6.98 Å². The van der Waals surface area contributed by atoms with Gasteiger partial charge in [-0.05, 0) is 12.3 Å². The molecule has 1 rings (SSSR count). The maximum absolute atomic E-state index is 11.7. The zero-order chi connectivity index (χ0) is 7.61. The Kier molecular flexibility index (Phi) is 5.93. The SMILES string of the molecule is F[B-](F)(F)CC1CCOC1.[K+]. The van der Waals surface area contributed by atoms with Crippen molar-refractivity contribution in [2.75, 3.05) is 13.2 Å². The van der Waals surface area contributed by atoms with Crippen LogP contribution in [-0.4, -0.2) is 20.2 Å². The van der Waals surface area contributed by atoms with Gasteiger partial charge in [0.05, 0.1) is 0 Å². The molecule has 0 N–H and O–H groups in total. The Morgan fingerprint density at radius 3 is 2.36 bits per heavy atom. The van der Waals surface area contributed by atoms with Crippen LogP contribution in [0.15, 0.2) is 0 Å². The molecule has 1 nitrogen and oxygen atoms in total. The van der Waals surface area contributed by atoms with E-state index in [1.807, 2.05) is 0 Å². The molecule has 0 aromatic heterocycles. The van der Waals surface area contributed by atoms with E-state index in [1.54, 1.807) is 0 Å². The van der Waals surface area contributed by atoms with Crippen molar-refractivity contribution in [2.45, 2.75) is 12.7 Å². The van der Waals surface area contributed by atoms with Crippen molar-refractivity contribution in [3.63, 3.8) is 0 Å². The third kappa shape index (κ3) is 5.65. The molecule has 0 spiro atoms. The van der Waals surface area contributed by atoms with Crippen LogP contribution in [0.5, 0.6) is 0 Å². The fourth-order valence-corrected chi connectivity index (χ4v) is 1.15. The van der Waals surface area contributed by atoms with Crippen molar-refractivity contribution in [1.82, 2.24) is 0 Å². The van der Waals surface area contributed by atoms with Crippen LogP contribution in [-0.2, 0) is 4.74 Å². The predicted octanol–water partition coefficient (Wildman–Crippen LogP) is -1.13. The summed E-state index contributed by atoms with van der Waals surface area (Å²) >= 11 is 0. The van der Waals surface area contributed by atoms with E-state index in [-0.39, 0.29) is 57.3 Å². The Bertz CT molecular complexity index is 113. The van der Waals surface area contributed by atoms with E-state index in [2.05, 4.69) is 0 Å². The van der Waals surface area contributed by atoms with E-state index in [0.717, 1.165) is 0 Å². The molecule has 0 aromatic rings. The minimum atomic E-state index is -4.59. The van der Waals surface area contributed by atoms with Crippen molar-refractivity contribution in [2.24, 2.45) is 5.92 Å². The molecule has 1 atom stereocenters. The fourth-order valence-electron chi connectivity index (χ4n) is 1.15. The van der Waals surface area contributed by atoms with Gasteiger partial charge in [0.25, 0.3) is 0 Å². The maximum Gasteiger partial charge on any atom is 1.00 e. The monoisotopic (exact) mass is 192 g/mol. The van der Waals surface area contributed by atoms with Crippen molar-refractivity contribution < 1.29 is 69.1 Å². The molecule has 0 bridgehead atoms. The van der Waals surface area contributed by atoms with Crippen LogP contribution in [0.4, 0.5) is 12.9 Å². The van der Waals surface area contributed by atoms with E-state index < -0.39 is 13.3 Å². The summed E-state index contributed by atoms with van der Waals surface area (Å²) in [5.41, 5.74) is 0. The van der Waals surface area contributed by atoms with Gasteiger partial charge in [-0.25, -0.2) is 0 Å². The minimum Gasteiger partial charge on any atom is -0.449 e. The van der Waals surface area contributed by atoms with E-state index in [4.69, 9.17) is 4.74 Å². The quantitative estimate of drug-likeness (QED) is 0.503. The number of rotatable bonds is 2. The Balaban J connectivity index is 0.000001000. The van der Waals surface area contributed by atoms with Gasteiger partial charge in [-0.2, -0.15) is 0 Å². The second-order valence-corrected chi connectivity index (χ2v) is 2.68. The summed E-state index contributed by atoms with van der Waals surface area (Å²) in [5.74, 6) is -0.264. The van der Waals surface area contributed by atoms with Crippen LogP contribution >= 0.6 is 0 Å². The van der Waals surface area contributed by atoms with Gasteiger partial charge in [0.1, 0.15) is 0 Å². The van der Waals surface area contributed by atoms with Crippen molar-refractivity contribution in [1.29, 1.82) is 0 Å². The van der Waals surface area contributed by atoms with Crippen LogP contribution in [0.3, 0.4) is 0 Å². The zero-order valence-corrected chi connectivity index (χ0v) is 9.65. The number of hydrogen-bond donors (Lipinski definition) is 0. The largest absolute Gasteiger partial charge is 1.00 e. The van der Waals surface area contributed by atoms with Gasteiger partial charge in [0, 0.05) is 13.2 Å². The predicted molar refractivity (Wildman–Crippen MR) is 32.8 cm³/mol.